The van der Waals surface area contributed by atoms with Crippen molar-refractivity contribution in [3.63, 3.8) is 0 Å². The van der Waals surface area contributed by atoms with Gasteiger partial charge < -0.3 is 10.2 Å². The highest BCUT2D eigenvalue weighted by Crippen LogP contribution is 2.19. The molecule has 1 aliphatic heterocycles. The lowest BCUT2D eigenvalue weighted by atomic mass is 10.1. The van der Waals surface area contributed by atoms with Gasteiger partial charge in [0.15, 0.2) is 0 Å². The van der Waals surface area contributed by atoms with Crippen molar-refractivity contribution < 1.29 is 9.59 Å². The number of amides is 2. The average molecular weight is 353 g/mol. The summed E-state index contributed by atoms with van der Waals surface area (Å²) in [6, 6.07) is 0.635. The normalized spacial score (nSPS) is 22.1. The number of rotatable bonds is 7. The zero-order chi connectivity index (χ0) is 18.7. The van der Waals surface area contributed by atoms with Crippen LogP contribution in [0.1, 0.15) is 54.4 Å². The van der Waals surface area contributed by atoms with Crippen LogP contribution >= 0.6 is 0 Å². The molecule has 1 aliphatic carbocycles. The van der Waals surface area contributed by atoms with Crippen LogP contribution in [-0.2, 0) is 9.59 Å². The molecule has 0 spiro atoms. The van der Waals surface area contributed by atoms with E-state index in [0.29, 0.717) is 6.04 Å². The first-order chi connectivity index (χ1) is 11.7. The van der Waals surface area contributed by atoms with Crippen LogP contribution in [0.3, 0.4) is 0 Å². The number of nitrogens with zero attached hydrogens (tertiary/aromatic N) is 3. The second-order valence-corrected chi connectivity index (χ2v) is 8.14. The fourth-order valence-corrected chi connectivity index (χ4v) is 3.70. The number of hydrogen-bond donors (Lipinski definition) is 1. The Morgan fingerprint density at radius 3 is 1.68 bits per heavy atom. The van der Waals surface area contributed by atoms with Gasteiger partial charge in [-0.15, -0.1) is 0 Å². The molecular weight excluding hydrogens is 316 g/mol. The van der Waals surface area contributed by atoms with E-state index in [9.17, 15) is 9.59 Å². The molecule has 0 bridgehead atoms. The third-order valence-electron chi connectivity index (χ3n) is 5.47. The summed E-state index contributed by atoms with van der Waals surface area (Å²) in [5, 5.41) is 3.09. The van der Waals surface area contributed by atoms with Crippen molar-refractivity contribution in [2.24, 2.45) is 0 Å². The Morgan fingerprint density at radius 1 is 0.840 bits per heavy atom. The van der Waals surface area contributed by atoms with E-state index < -0.39 is 0 Å². The van der Waals surface area contributed by atoms with E-state index in [2.05, 4.69) is 42.8 Å². The number of piperazine rings is 1. The minimum absolute atomic E-state index is 0.0865. The Morgan fingerprint density at radius 2 is 1.28 bits per heavy atom. The van der Waals surface area contributed by atoms with Gasteiger partial charge in [-0.1, -0.05) is 0 Å². The topological polar surface area (TPSA) is 55.9 Å². The molecule has 0 radical (unpaired) electrons. The van der Waals surface area contributed by atoms with Crippen LogP contribution in [0.15, 0.2) is 0 Å². The van der Waals surface area contributed by atoms with Gasteiger partial charge in [0.2, 0.25) is 11.8 Å². The van der Waals surface area contributed by atoms with Crippen LogP contribution in [0.25, 0.3) is 0 Å². The standard InChI is InChI=1S/C19H36N4O2/c1-13(2)23(14(3)4)19(25)16(6)22-11-9-21(10-12-22)15(5)18(24)20-17-7-8-17/h13-17H,7-12H2,1-6H3,(H,20,24)/t15-,16+/m0/s1. The monoisotopic (exact) mass is 352 g/mol. The maximum absolute atomic E-state index is 12.9. The van der Waals surface area contributed by atoms with Gasteiger partial charge in [0, 0.05) is 44.3 Å². The summed E-state index contributed by atoms with van der Waals surface area (Å²) in [5.74, 6) is 0.351. The molecule has 1 saturated carbocycles. The lowest BCUT2D eigenvalue weighted by Gasteiger charge is -2.42. The molecular formula is C19H36N4O2. The maximum Gasteiger partial charge on any atom is 0.240 e. The van der Waals surface area contributed by atoms with Crippen molar-refractivity contribution in [2.75, 3.05) is 26.2 Å². The lowest BCUT2D eigenvalue weighted by Crippen LogP contribution is -2.59. The van der Waals surface area contributed by atoms with Gasteiger partial charge in [-0.05, 0) is 54.4 Å². The van der Waals surface area contributed by atoms with Gasteiger partial charge in [0.25, 0.3) is 0 Å². The highest BCUT2D eigenvalue weighted by atomic mass is 16.2. The van der Waals surface area contributed by atoms with Crippen LogP contribution in [0.2, 0.25) is 0 Å². The minimum Gasteiger partial charge on any atom is -0.352 e. The quantitative estimate of drug-likeness (QED) is 0.750. The molecule has 0 aromatic carbocycles. The van der Waals surface area contributed by atoms with Gasteiger partial charge in [0.05, 0.1) is 12.1 Å². The van der Waals surface area contributed by atoms with Crippen molar-refractivity contribution in [2.45, 2.75) is 84.6 Å². The molecule has 6 nitrogen and oxygen atoms in total. The van der Waals surface area contributed by atoms with Gasteiger partial charge in [-0.25, -0.2) is 0 Å². The fourth-order valence-electron chi connectivity index (χ4n) is 3.70. The molecule has 0 unspecified atom stereocenters. The summed E-state index contributed by atoms with van der Waals surface area (Å²) in [6.07, 6.45) is 2.24. The van der Waals surface area contributed by atoms with E-state index in [1.807, 2.05) is 18.7 Å². The molecule has 0 aromatic heterocycles. The zero-order valence-electron chi connectivity index (χ0n) is 16.8. The first-order valence-corrected chi connectivity index (χ1v) is 9.83. The van der Waals surface area contributed by atoms with Gasteiger partial charge >= 0.3 is 0 Å². The van der Waals surface area contributed by atoms with E-state index in [1.165, 1.54) is 0 Å². The van der Waals surface area contributed by atoms with Crippen LogP contribution in [0, 0.1) is 0 Å². The molecule has 2 amide bonds. The van der Waals surface area contributed by atoms with Gasteiger partial charge in [0.1, 0.15) is 0 Å². The van der Waals surface area contributed by atoms with E-state index in [1.54, 1.807) is 0 Å². The summed E-state index contributed by atoms with van der Waals surface area (Å²) >= 11 is 0. The SMILES string of the molecule is CC(C)N(C(=O)[C@@H](C)N1CCN([C@@H](C)C(=O)NC2CC2)CC1)C(C)C. The van der Waals surface area contributed by atoms with Crippen LogP contribution in [0.4, 0.5) is 0 Å². The largest absolute Gasteiger partial charge is 0.352 e. The first-order valence-electron chi connectivity index (χ1n) is 9.83. The highest BCUT2D eigenvalue weighted by Gasteiger charge is 2.34. The van der Waals surface area contributed by atoms with Gasteiger partial charge in [-0.2, -0.15) is 0 Å². The number of nitrogens with one attached hydrogen (secondary N) is 1. The second kappa shape index (κ2) is 8.49. The summed E-state index contributed by atoms with van der Waals surface area (Å²) in [7, 11) is 0. The number of carbonyl (C=O) groups is 2. The van der Waals surface area contributed by atoms with Gasteiger partial charge in [-0.3, -0.25) is 19.4 Å². The van der Waals surface area contributed by atoms with E-state index in [-0.39, 0.29) is 36.0 Å². The van der Waals surface area contributed by atoms with Crippen LogP contribution < -0.4 is 5.32 Å². The zero-order valence-corrected chi connectivity index (χ0v) is 16.8. The van der Waals surface area contributed by atoms with Crippen molar-refractivity contribution in [3.05, 3.63) is 0 Å². The predicted octanol–water partition coefficient (Wildman–Crippen LogP) is 1.31. The molecule has 1 N–H and O–H groups in total. The van der Waals surface area contributed by atoms with Crippen molar-refractivity contribution >= 4 is 11.8 Å². The molecule has 2 aliphatic rings. The molecule has 144 valence electrons. The van der Waals surface area contributed by atoms with E-state index >= 15 is 0 Å². The summed E-state index contributed by atoms with van der Waals surface area (Å²) < 4.78 is 0. The molecule has 25 heavy (non-hydrogen) atoms. The summed E-state index contributed by atoms with van der Waals surface area (Å²) in [4.78, 5) is 31.6. The summed E-state index contributed by atoms with van der Waals surface area (Å²) in [6.45, 7) is 15.6. The first kappa shape index (κ1) is 20.2. The Balaban J connectivity index is 1.85. The third kappa shape index (κ3) is 5.17. The predicted molar refractivity (Wildman–Crippen MR) is 100 cm³/mol. The lowest BCUT2D eigenvalue weighted by molar-refractivity contribution is -0.141. The Bertz CT molecular complexity index is 460. The molecule has 2 fully saturated rings. The highest BCUT2D eigenvalue weighted by molar-refractivity contribution is 5.82. The third-order valence-corrected chi connectivity index (χ3v) is 5.47. The van der Waals surface area contributed by atoms with Crippen LogP contribution in [0.5, 0.6) is 0 Å². The fraction of sp³-hybridized carbons (Fsp3) is 0.895. The van der Waals surface area contributed by atoms with E-state index in [4.69, 9.17) is 0 Å². The van der Waals surface area contributed by atoms with E-state index in [0.717, 1.165) is 39.0 Å². The molecule has 2 atom stereocenters. The second-order valence-electron chi connectivity index (χ2n) is 8.14. The minimum atomic E-state index is -0.109. The van der Waals surface area contributed by atoms with Crippen molar-refractivity contribution in [1.82, 2.24) is 20.0 Å². The Hall–Kier alpha value is -1.14. The molecule has 1 heterocycles. The average Bonchev–Trinajstić information content (AvgIpc) is 3.36. The van der Waals surface area contributed by atoms with Crippen molar-refractivity contribution in [1.29, 1.82) is 0 Å². The summed E-state index contributed by atoms with van der Waals surface area (Å²) in [5.41, 5.74) is 0. The number of hydrogen-bond acceptors (Lipinski definition) is 4. The van der Waals surface area contributed by atoms with Crippen LogP contribution in [-0.4, -0.2) is 82.9 Å². The maximum atomic E-state index is 12.9. The molecule has 1 saturated heterocycles. The van der Waals surface area contributed by atoms with Crippen molar-refractivity contribution in [3.8, 4) is 0 Å². The Kier molecular flexibility index (Phi) is 6.86. The Labute approximate surface area is 152 Å². The number of carbonyl (C=O) groups excluding carboxylic acids is 2. The molecule has 0 aromatic rings. The molecule has 2 rings (SSSR count). The smallest absolute Gasteiger partial charge is 0.240 e. The molecule has 6 heteroatoms.